The molecule has 0 radical (unpaired) electrons. The molecule has 1 aliphatic rings. The second-order valence-electron chi connectivity index (χ2n) is 6.33. The zero-order valence-corrected chi connectivity index (χ0v) is 16.5. The molecule has 1 heterocycles. The SMILES string of the molecule is O=COC(c1c(I)ccc(Cl)c1F)C(c1c[nH]cn1)C1CCCCC1. The molecule has 1 aromatic heterocycles. The predicted molar refractivity (Wildman–Crippen MR) is 102 cm³/mol. The van der Waals surface area contributed by atoms with E-state index < -0.39 is 11.9 Å². The molecule has 4 nitrogen and oxygen atoms in total. The molecule has 25 heavy (non-hydrogen) atoms. The Hall–Kier alpha value is -1.15. The van der Waals surface area contributed by atoms with Crippen LogP contribution in [0, 0.1) is 15.3 Å². The fraction of sp³-hybridized carbons (Fsp3) is 0.444. The Morgan fingerprint density at radius 1 is 1.36 bits per heavy atom. The van der Waals surface area contributed by atoms with Gasteiger partial charge in [0, 0.05) is 21.2 Å². The van der Waals surface area contributed by atoms with Gasteiger partial charge in [0.05, 0.1) is 17.0 Å². The molecule has 2 aromatic rings. The number of benzene rings is 1. The van der Waals surface area contributed by atoms with E-state index in [1.54, 1.807) is 18.6 Å². The molecule has 1 aromatic carbocycles. The highest BCUT2D eigenvalue weighted by atomic mass is 127. The fourth-order valence-corrected chi connectivity index (χ4v) is 4.68. The summed E-state index contributed by atoms with van der Waals surface area (Å²) in [6.07, 6.45) is 8.10. The first-order valence-corrected chi connectivity index (χ1v) is 9.80. The van der Waals surface area contributed by atoms with Crippen molar-refractivity contribution in [3.8, 4) is 0 Å². The van der Waals surface area contributed by atoms with Crippen LogP contribution in [-0.2, 0) is 9.53 Å². The van der Waals surface area contributed by atoms with Crippen LogP contribution in [0.25, 0.3) is 0 Å². The third-order valence-corrected chi connectivity index (χ3v) is 6.14. The summed E-state index contributed by atoms with van der Waals surface area (Å²) >= 11 is 8.06. The Kier molecular flexibility index (Phi) is 6.33. The van der Waals surface area contributed by atoms with Gasteiger partial charge < -0.3 is 9.72 Å². The lowest BCUT2D eigenvalue weighted by Crippen LogP contribution is -2.26. The van der Waals surface area contributed by atoms with Gasteiger partial charge in [0.15, 0.2) is 0 Å². The summed E-state index contributed by atoms with van der Waals surface area (Å²) < 4.78 is 21.0. The van der Waals surface area contributed by atoms with E-state index in [0.717, 1.165) is 31.4 Å². The van der Waals surface area contributed by atoms with Crippen LogP contribution < -0.4 is 0 Å². The first-order chi connectivity index (χ1) is 12.1. The van der Waals surface area contributed by atoms with Crippen LogP contribution in [-0.4, -0.2) is 16.4 Å². The largest absolute Gasteiger partial charge is 0.459 e. The summed E-state index contributed by atoms with van der Waals surface area (Å²) in [7, 11) is 0. The number of H-pyrrole nitrogens is 1. The van der Waals surface area contributed by atoms with Crippen LogP contribution in [0.4, 0.5) is 4.39 Å². The maximum atomic E-state index is 14.8. The number of hydrogen-bond acceptors (Lipinski definition) is 3. The minimum atomic E-state index is -0.755. The number of ether oxygens (including phenoxy) is 1. The minimum absolute atomic E-state index is 0.0272. The van der Waals surface area contributed by atoms with E-state index in [1.807, 2.05) is 0 Å². The molecule has 0 aliphatic heterocycles. The zero-order valence-electron chi connectivity index (χ0n) is 13.6. The van der Waals surface area contributed by atoms with Crippen LogP contribution >= 0.6 is 34.2 Å². The van der Waals surface area contributed by atoms with Crippen LogP contribution in [0.3, 0.4) is 0 Å². The van der Waals surface area contributed by atoms with Gasteiger partial charge in [-0.25, -0.2) is 9.37 Å². The molecule has 3 rings (SSSR count). The average Bonchev–Trinajstić information content (AvgIpc) is 3.14. The van der Waals surface area contributed by atoms with Crippen molar-refractivity contribution in [2.75, 3.05) is 0 Å². The Labute approximate surface area is 164 Å². The van der Waals surface area contributed by atoms with Crippen LogP contribution in [0.2, 0.25) is 5.02 Å². The smallest absolute Gasteiger partial charge is 0.293 e. The lowest BCUT2D eigenvalue weighted by atomic mass is 9.74. The Morgan fingerprint density at radius 2 is 2.12 bits per heavy atom. The number of nitrogens with zero attached hydrogens (tertiary/aromatic N) is 1. The van der Waals surface area contributed by atoms with Gasteiger partial charge in [-0.3, -0.25) is 4.79 Å². The van der Waals surface area contributed by atoms with Gasteiger partial charge in [-0.2, -0.15) is 0 Å². The van der Waals surface area contributed by atoms with Gasteiger partial charge in [-0.15, -0.1) is 0 Å². The van der Waals surface area contributed by atoms with Crippen molar-refractivity contribution in [1.29, 1.82) is 0 Å². The van der Waals surface area contributed by atoms with Crippen molar-refractivity contribution in [2.45, 2.75) is 44.1 Å². The first-order valence-electron chi connectivity index (χ1n) is 8.34. The number of rotatable bonds is 6. The molecule has 2 atom stereocenters. The highest BCUT2D eigenvalue weighted by molar-refractivity contribution is 14.1. The summed E-state index contributed by atoms with van der Waals surface area (Å²) in [6, 6.07) is 3.26. The molecular weight excluding hydrogens is 458 g/mol. The van der Waals surface area contributed by atoms with Crippen LogP contribution in [0.5, 0.6) is 0 Å². The lowest BCUT2D eigenvalue weighted by molar-refractivity contribution is -0.136. The molecule has 0 spiro atoms. The minimum Gasteiger partial charge on any atom is -0.459 e. The summed E-state index contributed by atoms with van der Waals surface area (Å²) in [5, 5.41) is 0.0272. The summed E-state index contributed by atoms with van der Waals surface area (Å²) in [5.74, 6) is -0.467. The zero-order chi connectivity index (χ0) is 17.8. The highest BCUT2D eigenvalue weighted by Crippen LogP contribution is 2.46. The fourth-order valence-electron chi connectivity index (χ4n) is 3.79. The maximum Gasteiger partial charge on any atom is 0.293 e. The molecular formula is C18H19ClFIN2O2. The summed E-state index contributed by atoms with van der Waals surface area (Å²) in [6.45, 7) is 0.392. The van der Waals surface area contributed by atoms with E-state index in [4.69, 9.17) is 16.3 Å². The topological polar surface area (TPSA) is 55.0 Å². The number of carbonyl (C=O) groups is 1. The van der Waals surface area contributed by atoms with Gasteiger partial charge in [-0.1, -0.05) is 30.9 Å². The molecule has 1 aliphatic carbocycles. The molecule has 1 N–H and O–H groups in total. The predicted octanol–water partition coefficient (Wildman–Crippen LogP) is 5.39. The van der Waals surface area contributed by atoms with Gasteiger partial charge in [0.2, 0.25) is 0 Å². The Morgan fingerprint density at radius 3 is 2.76 bits per heavy atom. The van der Waals surface area contributed by atoms with Gasteiger partial charge in [0.1, 0.15) is 11.9 Å². The number of aromatic nitrogens is 2. The number of nitrogens with one attached hydrogen (secondary N) is 1. The van der Waals surface area contributed by atoms with Crippen molar-refractivity contribution >= 4 is 40.7 Å². The monoisotopic (exact) mass is 476 g/mol. The second-order valence-corrected chi connectivity index (χ2v) is 7.90. The molecule has 7 heteroatoms. The third-order valence-electron chi connectivity index (χ3n) is 4.91. The molecule has 134 valence electrons. The van der Waals surface area contributed by atoms with Crippen molar-refractivity contribution in [2.24, 2.45) is 5.92 Å². The first kappa shape index (κ1) is 18.6. The standard InChI is InChI=1S/C18H19ClFIN2O2/c19-12-6-7-13(21)16(17(12)20)18(25-10-24)15(14-8-22-9-23-14)11-4-2-1-3-5-11/h6-11,15,18H,1-5H2,(H,22,23). The molecule has 2 unspecified atom stereocenters. The number of carbonyl (C=O) groups excluding carboxylic acids is 1. The lowest BCUT2D eigenvalue weighted by Gasteiger charge is -2.34. The highest BCUT2D eigenvalue weighted by Gasteiger charge is 2.38. The van der Waals surface area contributed by atoms with Gasteiger partial charge in [-0.05, 0) is 53.5 Å². The molecule has 1 fully saturated rings. The quantitative estimate of drug-likeness (QED) is 0.346. The van der Waals surface area contributed by atoms with E-state index in [0.29, 0.717) is 15.6 Å². The molecule has 0 amide bonds. The number of imidazole rings is 1. The van der Waals surface area contributed by atoms with Gasteiger partial charge >= 0.3 is 0 Å². The van der Waals surface area contributed by atoms with Crippen molar-refractivity contribution < 1.29 is 13.9 Å². The van der Waals surface area contributed by atoms with Crippen molar-refractivity contribution in [3.63, 3.8) is 0 Å². The van der Waals surface area contributed by atoms with E-state index in [2.05, 4.69) is 32.6 Å². The Balaban J connectivity index is 2.09. The third kappa shape index (κ3) is 4.00. The average molecular weight is 477 g/mol. The van der Waals surface area contributed by atoms with Crippen LogP contribution in [0.1, 0.15) is 55.4 Å². The Bertz CT molecular complexity index is 720. The van der Waals surface area contributed by atoms with E-state index >= 15 is 0 Å². The van der Waals surface area contributed by atoms with Crippen molar-refractivity contribution in [1.82, 2.24) is 9.97 Å². The van der Waals surface area contributed by atoms with Gasteiger partial charge in [0.25, 0.3) is 6.47 Å². The normalized spacial score (nSPS) is 17.9. The molecule has 1 saturated carbocycles. The number of aromatic amines is 1. The maximum absolute atomic E-state index is 14.8. The van der Waals surface area contributed by atoms with E-state index in [9.17, 15) is 9.18 Å². The molecule has 0 bridgehead atoms. The number of halogens is 3. The van der Waals surface area contributed by atoms with E-state index in [-0.39, 0.29) is 16.9 Å². The second kappa shape index (κ2) is 8.49. The summed E-state index contributed by atoms with van der Waals surface area (Å²) in [5.41, 5.74) is 1.12. The van der Waals surface area contributed by atoms with Crippen LogP contribution in [0.15, 0.2) is 24.7 Å². The number of hydrogen-bond donors (Lipinski definition) is 1. The van der Waals surface area contributed by atoms with E-state index in [1.165, 1.54) is 12.5 Å². The summed E-state index contributed by atoms with van der Waals surface area (Å²) in [4.78, 5) is 18.6. The van der Waals surface area contributed by atoms with Crippen molar-refractivity contribution in [3.05, 3.63) is 50.3 Å². The molecule has 0 saturated heterocycles.